The number of aromatic nitrogens is 2. The van der Waals surface area contributed by atoms with Crippen molar-refractivity contribution in [3.05, 3.63) is 101 Å². The number of carbonyl (C=O) groups excluding carboxylic acids is 1. The van der Waals surface area contributed by atoms with Gasteiger partial charge in [-0.2, -0.15) is 0 Å². The van der Waals surface area contributed by atoms with E-state index in [1.165, 1.54) is 44.9 Å². The van der Waals surface area contributed by atoms with Gasteiger partial charge in [-0.3, -0.25) is 14.9 Å². The monoisotopic (exact) mass is 454 g/mol. The smallest absolute Gasteiger partial charge is 0.267 e. The number of hydrogen-bond donors (Lipinski definition) is 4. The summed E-state index contributed by atoms with van der Waals surface area (Å²) >= 11 is 0. The summed E-state index contributed by atoms with van der Waals surface area (Å²) in [6.45, 7) is 4.01. The van der Waals surface area contributed by atoms with Crippen molar-refractivity contribution < 1.29 is 10.0 Å². The predicted molar refractivity (Wildman–Crippen MR) is 134 cm³/mol. The van der Waals surface area contributed by atoms with E-state index in [9.17, 15) is 4.79 Å². The second-order valence-corrected chi connectivity index (χ2v) is 9.03. The topological polar surface area (TPSA) is 84.2 Å². The molecule has 0 fully saturated rings. The number of aromatic amines is 2. The van der Waals surface area contributed by atoms with Gasteiger partial charge in [0, 0.05) is 54.2 Å². The Bertz CT molecular complexity index is 1330. The van der Waals surface area contributed by atoms with Gasteiger partial charge >= 0.3 is 0 Å². The fraction of sp³-hybridized carbons (Fsp3) is 0.250. The van der Waals surface area contributed by atoms with E-state index in [4.69, 9.17) is 5.21 Å². The Labute approximate surface area is 199 Å². The molecule has 1 aliphatic carbocycles. The van der Waals surface area contributed by atoms with Gasteiger partial charge in [-0.05, 0) is 72.2 Å². The van der Waals surface area contributed by atoms with Crippen molar-refractivity contribution in [2.75, 3.05) is 6.54 Å². The average molecular weight is 455 g/mol. The molecule has 4 N–H and O–H groups in total. The van der Waals surface area contributed by atoms with Crippen molar-refractivity contribution in [1.82, 2.24) is 20.3 Å². The number of para-hydroxylation sites is 1. The number of hydrogen-bond acceptors (Lipinski definition) is 3. The van der Waals surface area contributed by atoms with Gasteiger partial charge in [-0.15, -0.1) is 0 Å². The van der Waals surface area contributed by atoms with Crippen LogP contribution in [0.4, 0.5) is 0 Å². The molecule has 1 unspecified atom stereocenters. The van der Waals surface area contributed by atoms with Gasteiger partial charge in [-0.1, -0.05) is 36.4 Å². The summed E-state index contributed by atoms with van der Waals surface area (Å²) in [4.78, 5) is 20.7. The molecule has 0 saturated heterocycles. The summed E-state index contributed by atoms with van der Waals surface area (Å²) in [6.07, 6.45) is 10.3. The van der Waals surface area contributed by atoms with E-state index in [1.807, 2.05) is 6.20 Å². The maximum absolute atomic E-state index is 11.3. The number of nitrogens with one attached hydrogen (secondary N) is 3. The van der Waals surface area contributed by atoms with Crippen LogP contribution in [0.5, 0.6) is 0 Å². The molecule has 34 heavy (non-hydrogen) atoms. The molecule has 0 bridgehead atoms. The molecule has 0 radical (unpaired) electrons. The number of H-pyrrole nitrogens is 2. The van der Waals surface area contributed by atoms with Crippen LogP contribution in [0.2, 0.25) is 0 Å². The normalized spacial score (nSPS) is 15.4. The van der Waals surface area contributed by atoms with Gasteiger partial charge in [0.05, 0.1) is 0 Å². The Morgan fingerprint density at radius 1 is 1.18 bits per heavy atom. The second kappa shape index (κ2) is 9.71. The summed E-state index contributed by atoms with van der Waals surface area (Å²) in [7, 11) is 0. The molecular weight excluding hydrogens is 424 g/mol. The number of carbonyl (C=O) groups is 1. The Hall–Kier alpha value is -3.61. The van der Waals surface area contributed by atoms with Crippen LogP contribution in [0.1, 0.15) is 46.0 Å². The molecule has 1 aliphatic rings. The van der Waals surface area contributed by atoms with E-state index in [1.54, 1.807) is 11.6 Å². The van der Waals surface area contributed by atoms with Crippen LogP contribution in [0, 0.1) is 6.92 Å². The molecule has 2 aromatic heterocycles. The number of fused-ring (bicyclic) bond motifs is 2. The molecule has 0 saturated carbocycles. The number of aryl methyl sites for hydroxylation is 2. The van der Waals surface area contributed by atoms with Crippen LogP contribution < -0.4 is 5.48 Å². The van der Waals surface area contributed by atoms with Crippen LogP contribution in [-0.4, -0.2) is 32.5 Å². The number of amides is 1. The first-order chi connectivity index (χ1) is 16.6. The van der Waals surface area contributed by atoms with Crippen molar-refractivity contribution in [2.45, 2.75) is 38.8 Å². The highest BCUT2D eigenvalue weighted by Gasteiger charge is 2.28. The zero-order valence-corrected chi connectivity index (χ0v) is 19.3. The van der Waals surface area contributed by atoms with Gasteiger partial charge in [0.1, 0.15) is 0 Å². The SMILES string of the molecule is Cc1[nH]ccc1CN(CCc1c[nH]c2ccccc12)C1CCc2cc(/C=C/C(=O)NO)ccc21. The summed E-state index contributed by atoms with van der Waals surface area (Å²) in [6, 6.07) is 17.4. The fourth-order valence-corrected chi connectivity index (χ4v) is 5.13. The van der Waals surface area contributed by atoms with E-state index < -0.39 is 5.91 Å². The standard InChI is InChI=1S/C28H30N4O2/c1-19-23(12-14-29-19)18-32(15-13-22-17-30-26-5-3-2-4-24(22)26)27-10-8-21-16-20(6-9-25(21)27)7-11-28(33)31-34/h2-7,9,11-12,14,16-17,27,29-30,34H,8,10,13,15,18H2,1H3,(H,31,33)/b11-7+. The highest BCUT2D eigenvalue weighted by atomic mass is 16.5. The van der Waals surface area contributed by atoms with Crippen LogP contribution in [-0.2, 0) is 24.2 Å². The number of hydroxylamine groups is 1. The minimum absolute atomic E-state index is 0.355. The summed E-state index contributed by atoms with van der Waals surface area (Å²) in [5.74, 6) is -0.524. The lowest BCUT2D eigenvalue weighted by Gasteiger charge is -2.30. The van der Waals surface area contributed by atoms with Crippen LogP contribution in [0.25, 0.3) is 17.0 Å². The average Bonchev–Trinajstić information content (AvgIpc) is 3.58. The lowest BCUT2D eigenvalue weighted by molar-refractivity contribution is -0.124. The van der Waals surface area contributed by atoms with Crippen molar-refractivity contribution in [1.29, 1.82) is 0 Å². The van der Waals surface area contributed by atoms with Crippen molar-refractivity contribution >= 4 is 22.9 Å². The fourth-order valence-electron chi connectivity index (χ4n) is 5.13. The highest BCUT2D eigenvalue weighted by molar-refractivity contribution is 5.90. The highest BCUT2D eigenvalue weighted by Crippen LogP contribution is 2.37. The molecule has 174 valence electrons. The molecule has 5 rings (SSSR count). The molecule has 0 spiro atoms. The Balaban J connectivity index is 1.39. The lowest BCUT2D eigenvalue weighted by atomic mass is 10.0. The van der Waals surface area contributed by atoms with E-state index >= 15 is 0 Å². The molecule has 6 heteroatoms. The van der Waals surface area contributed by atoms with Crippen LogP contribution in [0.3, 0.4) is 0 Å². The van der Waals surface area contributed by atoms with Crippen molar-refractivity contribution in [3.63, 3.8) is 0 Å². The summed E-state index contributed by atoms with van der Waals surface area (Å²) < 4.78 is 0. The molecule has 2 aromatic carbocycles. The maximum Gasteiger partial charge on any atom is 0.267 e. The zero-order valence-electron chi connectivity index (χ0n) is 19.3. The van der Waals surface area contributed by atoms with Crippen molar-refractivity contribution in [3.8, 4) is 0 Å². The number of benzene rings is 2. The van der Waals surface area contributed by atoms with E-state index in [-0.39, 0.29) is 0 Å². The Morgan fingerprint density at radius 3 is 2.88 bits per heavy atom. The summed E-state index contributed by atoms with van der Waals surface area (Å²) in [5, 5.41) is 10.0. The molecular formula is C28H30N4O2. The van der Waals surface area contributed by atoms with Crippen LogP contribution >= 0.6 is 0 Å². The Morgan fingerprint density at radius 2 is 2.06 bits per heavy atom. The lowest BCUT2D eigenvalue weighted by Crippen LogP contribution is -2.29. The second-order valence-electron chi connectivity index (χ2n) is 9.03. The molecule has 4 aromatic rings. The van der Waals surface area contributed by atoms with Gasteiger partial charge < -0.3 is 9.97 Å². The predicted octanol–water partition coefficient (Wildman–Crippen LogP) is 5.06. The molecule has 2 heterocycles. The first-order valence-corrected chi connectivity index (χ1v) is 11.8. The minimum atomic E-state index is -0.524. The third-order valence-corrected chi connectivity index (χ3v) is 6.97. The third-order valence-electron chi connectivity index (χ3n) is 6.97. The van der Waals surface area contributed by atoms with E-state index in [2.05, 4.69) is 76.5 Å². The van der Waals surface area contributed by atoms with Gasteiger partial charge in [-0.25, -0.2) is 5.48 Å². The van der Waals surface area contributed by atoms with Crippen LogP contribution in [0.15, 0.2) is 67.0 Å². The molecule has 1 atom stereocenters. The number of rotatable bonds is 8. The first-order valence-electron chi connectivity index (χ1n) is 11.8. The third kappa shape index (κ3) is 4.55. The molecule has 1 amide bonds. The van der Waals surface area contributed by atoms with Crippen molar-refractivity contribution in [2.24, 2.45) is 0 Å². The van der Waals surface area contributed by atoms with E-state index in [0.29, 0.717) is 6.04 Å². The quantitative estimate of drug-likeness (QED) is 0.171. The summed E-state index contributed by atoms with van der Waals surface area (Å²) in [5.41, 5.74) is 10.4. The van der Waals surface area contributed by atoms with Gasteiger partial charge in [0.25, 0.3) is 5.91 Å². The zero-order chi connectivity index (χ0) is 23.5. The Kier molecular flexibility index (Phi) is 6.34. The molecule has 0 aliphatic heterocycles. The largest absolute Gasteiger partial charge is 0.365 e. The maximum atomic E-state index is 11.3. The van der Waals surface area contributed by atoms with Gasteiger partial charge in [0.2, 0.25) is 0 Å². The van der Waals surface area contributed by atoms with E-state index in [0.717, 1.165) is 37.9 Å². The first kappa shape index (κ1) is 22.2. The number of nitrogens with zero attached hydrogens (tertiary/aromatic N) is 1. The van der Waals surface area contributed by atoms with Gasteiger partial charge in [0.15, 0.2) is 0 Å². The minimum Gasteiger partial charge on any atom is -0.365 e. The molecule has 6 nitrogen and oxygen atoms in total.